The van der Waals surface area contributed by atoms with E-state index in [-0.39, 0.29) is 17.1 Å². The van der Waals surface area contributed by atoms with Crippen LogP contribution in [0.1, 0.15) is 27.0 Å². The molecule has 0 heterocycles. The summed E-state index contributed by atoms with van der Waals surface area (Å²) >= 11 is 0. The van der Waals surface area contributed by atoms with Crippen LogP contribution in [0.4, 0.5) is 0 Å². The van der Waals surface area contributed by atoms with E-state index in [1.807, 2.05) is 0 Å². The average molecular weight is 167 g/mol. The van der Waals surface area contributed by atoms with Crippen LogP contribution in [-0.2, 0) is 0 Å². The number of Topliss-reactive ketones (excluding diaryl/α,β-unsaturated/α-hetero) is 1. The number of methoxy groups -OCH3 is 1. The third-order valence-electron chi connectivity index (χ3n) is 1.63. The Morgan fingerprint density at radius 1 is 1.58 bits per heavy atom. The van der Waals surface area contributed by atoms with Gasteiger partial charge in [0.2, 0.25) is 0 Å². The van der Waals surface area contributed by atoms with Gasteiger partial charge in [-0.15, -0.1) is 0 Å². The summed E-state index contributed by atoms with van der Waals surface area (Å²) in [7, 11) is -2.53. The van der Waals surface area contributed by atoms with Gasteiger partial charge >= 0.3 is 0 Å². The van der Waals surface area contributed by atoms with Crippen molar-refractivity contribution in [2.45, 2.75) is 13.8 Å². The smallest absolute Gasteiger partial charge is 0.163 e. The van der Waals surface area contributed by atoms with Crippen LogP contribution in [0, 0.1) is 6.92 Å². The zero-order valence-corrected chi connectivity index (χ0v) is 7.05. The second kappa shape index (κ2) is 3.39. The minimum absolute atomic E-state index is 0.113. The number of carbonyl (C=O) groups excluding carboxylic acids is 1. The molecule has 0 aliphatic rings. The minimum Gasteiger partial charge on any atom is -0.496 e. The van der Waals surface area contributed by atoms with Crippen LogP contribution in [0.25, 0.3) is 0 Å². The molecule has 0 fully saturated rings. The molecular weight excluding hydrogens is 152 g/mol. The van der Waals surface area contributed by atoms with E-state index in [2.05, 4.69) is 0 Å². The van der Waals surface area contributed by atoms with Gasteiger partial charge in [-0.2, -0.15) is 0 Å². The van der Waals surface area contributed by atoms with E-state index in [9.17, 15) is 4.79 Å². The van der Waals surface area contributed by atoms with Crippen LogP contribution < -0.4 is 4.74 Å². The molecule has 0 unspecified atom stereocenters. The van der Waals surface area contributed by atoms with Crippen molar-refractivity contribution in [3.8, 4) is 5.75 Å². The fraction of sp³-hybridized carbons (Fsp3) is 0.300. The van der Waals surface area contributed by atoms with Crippen molar-refractivity contribution in [1.82, 2.24) is 0 Å². The van der Waals surface area contributed by atoms with Gasteiger partial charge in [-0.3, -0.25) is 4.79 Å². The van der Waals surface area contributed by atoms with Gasteiger partial charge in [0.1, 0.15) is 5.75 Å². The Hall–Kier alpha value is -1.31. The van der Waals surface area contributed by atoms with Crippen LogP contribution in [-0.4, -0.2) is 12.8 Å². The lowest BCUT2D eigenvalue weighted by molar-refractivity contribution is 0.101. The molecule has 1 aromatic carbocycles. The third kappa shape index (κ3) is 1.64. The van der Waals surface area contributed by atoms with E-state index in [0.29, 0.717) is 0 Å². The summed E-state index contributed by atoms with van der Waals surface area (Å²) in [5.41, 5.74) is 1.14. The first kappa shape index (κ1) is 5.36. The molecule has 2 nitrogen and oxygen atoms in total. The van der Waals surface area contributed by atoms with Crippen LogP contribution >= 0.6 is 0 Å². The molecular formula is C10H12O2. The average Bonchev–Trinajstić information content (AvgIpc) is 1.99. The maximum absolute atomic E-state index is 11.2. The molecule has 0 aromatic heterocycles. The van der Waals surface area contributed by atoms with Crippen molar-refractivity contribution in [3.63, 3.8) is 0 Å². The topological polar surface area (TPSA) is 26.3 Å². The molecule has 0 atom stereocenters. The summed E-state index contributed by atoms with van der Waals surface area (Å²) in [4.78, 5) is 11.2. The Labute approximate surface area is 76.4 Å². The number of carbonyl (C=O) groups is 1. The Balaban J connectivity index is 3.13. The van der Waals surface area contributed by atoms with Crippen LogP contribution in [0.15, 0.2) is 18.2 Å². The first-order chi connectivity index (χ1) is 6.79. The molecule has 12 heavy (non-hydrogen) atoms. The Kier molecular flexibility index (Phi) is 1.51. The zero-order chi connectivity index (χ0) is 11.6. The lowest BCUT2D eigenvalue weighted by Crippen LogP contribution is -1.97. The van der Waals surface area contributed by atoms with Crippen molar-refractivity contribution in [2.24, 2.45) is 0 Å². The van der Waals surface area contributed by atoms with E-state index < -0.39 is 7.04 Å². The quantitative estimate of drug-likeness (QED) is 0.631. The molecule has 0 saturated heterocycles. The van der Waals surface area contributed by atoms with Crippen LogP contribution in [0.5, 0.6) is 5.75 Å². The van der Waals surface area contributed by atoms with E-state index in [4.69, 9.17) is 8.85 Å². The standard InChI is InChI=1S/C10H12O2/c1-7-4-5-9(8(2)11)10(6-7)12-3/h4-6H,1-3H3/i3D3. The summed E-state index contributed by atoms with van der Waals surface area (Å²) in [6, 6.07) is 4.85. The fourth-order valence-corrected chi connectivity index (χ4v) is 1.00. The van der Waals surface area contributed by atoms with Gasteiger partial charge in [-0.1, -0.05) is 6.07 Å². The van der Waals surface area contributed by atoms with Crippen molar-refractivity contribution < 1.29 is 13.6 Å². The molecule has 2 heteroatoms. The van der Waals surface area contributed by atoms with Crippen molar-refractivity contribution in [2.75, 3.05) is 7.04 Å². The molecule has 0 N–H and O–H groups in total. The van der Waals surface area contributed by atoms with Gasteiger partial charge in [0.15, 0.2) is 5.78 Å². The van der Waals surface area contributed by atoms with Crippen LogP contribution in [0.2, 0.25) is 0 Å². The number of hydrogen-bond acceptors (Lipinski definition) is 2. The Morgan fingerprint density at radius 3 is 2.92 bits per heavy atom. The predicted octanol–water partition coefficient (Wildman–Crippen LogP) is 2.21. The molecule has 0 saturated carbocycles. The van der Waals surface area contributed by atoms with E-state index in [0.717, 1.165) is 5.56 Å². The van der Waals surface area contributed by atoms with Gasteiger partial charge in [0, 0.05) is 0 Å². The number of rotatable bonds is 2. The van der Waals surface area contributed by atoms with Gasteiger partial charge in [0.25, 0.3) is 0 Å². The van der Waals surface area contributed by atoms with Crippen molar-refractivity contribution in [1.29, 1.82) is 0 Å². The number of hydrogen-bond donors (Lipinski definition) is 0. The summed E-state index contributed by atoms with van der Waals surface area (Å²) in [6.45, 7) is 3.17. The van der Waals surface area contributed by atoms with E-state index >= 15 is 0 Å². The number of aryl methyl sites for hydroxylation is 1. The lowest BCUT2D eigenvalue weighted by Gasteiger charge is -2.05. The maximum Gasteiger partial charge on any atom is 0.163 e. The molecule has 0 aliphatic heterocycles. The molecule has 0 bridgehead atoms. The van der Waals surface area contributed by atoms with Gasteiger partial charge in [0.05, 0.1) is 16.7 Å². The SMILES string of the molecule is [2H]C([2H])([2H])Oc1cc(C)ccc1C(C)=O. The maximum atomic E-state index is 11.2. The normalized spacial score (nSPS) is 14.3. The van der Waals surface area contributed by atoms with Crippen LogP contribution in [0.3, 0.4) is 0 Å². The molecule has 0 aliphatic carbocycles. The second-order valence-electron chi connectivity index (χ2n) is 2.66. The second-order valence-corrected chi connectivity index (χ2v) is 2.66. The largest absolute Gasteiger partial charge is 0.496 e. The molecule has 0 amide bonds. The third-order valence-corrected chi connectivity index (χ3v) is 1.63. The van der Waals surface area contributed by atoms with Gasteiger partial charge in [-0.05, 0) is 31.5 Å². The van der Waals surface area contributed by atoms with E-state index in [1.165, 1.54) is 6.92 Å². The molecule has 0 radical (unpaired) electrons. The Bertz CT molecular complexity index is 383. The summed E-state index contributed by atoms with van der Waals surface area (Å²) in [5, 5.41) is 0. The number of benzene rings is 1. The highest BCUT2D eigenvalue weighted by molar-refractivity contribution is 5.96. The number of ketones is 1. The summed E-state index contributed by atoms with van der Waals surface area (Å²) < 4.78 is 25.7. The van der Waals surface area contributed by atoms with Gasteiger partial charge in [-0.25, -0.2) is 0 Å². The molecule has 64 valence electrons. The van der Waals surface area contributed by atoms with E-state index in [1.54, 1.807) is 25.1 Å². The van der Waals surface area contributed by atoms with Gasteiger partial charge < -0.3 is 4.74 Å². The monoisotopic (exact) mass is 167 g/mol. The summed E-state index contributed by atoms with van der Waals surface area (Å²) in [6.07, 6.45) is 0. The molecule has 0 spiro atoms. The number of ether oxygens (including phenoxy) is 1. The molecule has 1 rings (SSSR count). The first-order valence-corrected chi connectivity index (χ1v) is 3.60. The highest BCUT2D eigenvalue weighted by Crippen LogP contribution is 2.19. The lowest BCUT2D eigenvalue weighted by atomic mass is 10.1. The minimum atomic E-state index is -2.53. The summed E-state index contributed by atoms with van der Waals surface area (Å²) in [5.74, 6) is -0.100. The fourth-order valence-electron chi connectivity index (χ4n) is 1.00. The Morgan fingerprint density at radius 2 is 2.33 bits per heavy atom. The predicted molar refractivity (Wildman–Crippen MR) is 47.7 cm³/mol. The zero-order valence-electron chi connectivity index (χ0n) is 10.0. The highest BCUT2D eigenvalue weighted by atomic mass is 16.5. The van der Waals surface area contributed by atoms with Crippen molar-refractivity contribution in [3.05, 3.63) is 29.3 Å². The molecule has 1 aromatic rings. The van der Waals surface area contributed by atoms with Crippen molar-refractivity contribution >= 4 is 5.78 Å². The first-order valence-electron chi connectivity index (χ1n) is 5.10. The highest BCUT2D eigenvalue weighted by Gasteiger charge is 2.06.